The minimum Gasteiger partial charge on any atom is -0.495 e. The summed E-state index contributed by atoms with van der Waals surface area (Å²) >= 11 is 0. The Morgan fingerprint density at radius 3 is 2.83 bits per heavy atom. The molecule has 2 heterocycles. The molecule has 4 rings (SSSR count). The zero-order valence-electron chi connectivity index (χ0n) is 16.2. The first-order valence-electron chi connectivity index (χ1n) is 9.17. The van der Waals surface area contributed by atoms with Crippen LogP contribution in [0.25, 0.3) is 0 Å². The maximum Gasteiger partial charge on any atom is 0.251 e. The second-order valence-electron chi connectivity index (χ2n) is 6.63. The molecule has 148 valence electrons. The highest BCUT2D eigenvalue weighted by atomic mass is 16.7. The van der Waals surface area contributed by atoms with Crippen molar-refractivity contribution in [3.63, 3.8) is 0 Å². The van der Waals surface area contributed by atoms with Gasteiger partial charge in [-0.2, -0.15) is 0 Å². The van der Waals surface area contributed by atoms with Crippen molar-refractivity contribution in [1.82, 2.24) is 10.3 Å². The van der Waals surface area contributed by atoms with Crippen LogP contribution in [0.1, 0.15) is 21.5 Å². The van der Waals surface area contributed by atoms with E-state index in [1.54, 1.807) is 25.4 Å². The summed E-state index contributed by atoms with van der Waals surface area (Å²) in [5, 5.41) is 6.13. The van der Waals surface area contributed by atoms with Crippen LogP contribution in [0.4, 0.5) is 11.5 Å². The summed E-state index contributed by atoms with van der Waals surface area (Å²) in [6.45, 7) is 2.61. The van der Waals surface area contributed by atoms with Gasteiger partial charge in [-0.15, -0.1) is 0 Å². The molecule has 2 N–H and O–H groups in total. The van der Waals surface area contributed by atoms with Gasteiger partial charge in [0.25, 0.3) is 5.91 Å². The van der Waals surface area contributed by atoms with Gasteiger partial charge in [-0.1, -0.05) is 12.1 Å². The summed E-state index contributed by atoms with van der Waals surface area (Å²) in [4.78, 5) is 16.9. The SMILES string of the molecule is COc1ccc(C)cc1Nc1cc(C(=O)NCc2ccc3c(c2)OCO3)ccn1. The highest BCUT2D eigenvalue weighted by molar-refractivity contribution is 5.95. The number of nitrogens with one attached hydrogen (secondary N) is 2. The molecule has 0 aliphatic carbocycles. The monoisotopic (exact) mass is 391 g/mol. The predicted molar refractivity (Wildman–Crippen MR) is 109 cm³/mol. The Kier molecular flexibility index (Phi) is 5.20. The average molecular weight is 391 g/mol. The van der Waals surface area contributed by atoms with Gasteiger partial charge in [0.15, 0.2) is 11.5 Å². The number of amides is 1. The summed E-state index contributed by atoms with van der Waals surface area (Å²) in [6.07, 6.45) is 1.60. The molecular weight excluding hydrogens is 370 g/mol. The van der Waals surface area contributed by atoms with Gasteiger partial charge >= 0.3 is 0 Å². The zero-order chi connectivity index (χ0) is 20.2. The van der Waals surface area contributed by atoms with Crippen molar-refractivity contribution in [2.24, 2.45) is 0 Å². The Balaban J connectivity index is 1.44. The van der Waals surface area contributed by atoms with Crippen LogP contribution in [0.2, 0.25) is 0 Å². The average Bonchev–Trinajstić information content (AvgIpc) is 3.20. The van der Waals surface area contributed by atoms with E-state index in [0.717, 1.165) is 22.6 Å². The van der Waals surface area contributed by atoms with Crippen LogP contribution < -0.4 is 24.8 Å². The van der Waals surface area contributed by atoms with Gasteiger partial charge in [0.05, 0.1) is 12.8 Å². The molecule has 2 aromatic carbocycles. The largest absolute Gasteiger partial charge is 0.495 e. The van der Waals surface area contributed by atoms with Crippen LogP contribution in [-0.2, 0) is 6.54 Å². The van der Waals surface area contributed by atoms with Gasteiger partial charge in [0, 0.05) is 18.3 Å². The van der Waals surface area contributed by atoms with Crippen LogP contribution in [0, 0.1) is 6.92 Å². The van der Waals surface area contributed by atoms with Gasteiger partial charge in [-0.25, -0.2) is 4.98 Å². The van der Waals surface area contributed by atoms with Crippen molar-refractivity contribution >= 4 is 17.4 Å². The molecule has 1 aliphatic rings. The number of carbonyl (C=O) groups is 1. The molecule has 0 bridgehead atoms. The van der Waals surface area contributed by atoms with Gasteiger partial charge in [-0.3, -0.25) is 4.79 Å². The highest BCUT2D eigenvalue weighted by Gasteiger charge is 2.14. The molecular formula is C22H21N3O4. The van der Waals surface area contributed by atoms with E-state index < -0.39 is 0 Å². The Hall–Kier alpha value is -3.74. The summed E-state index contributed by atoms with van der Waals surface area (Å²) in [5.41, 5.74) is 3.32. The van der Waals surface area contributed by atoms with Crippen molar-refractivity contribution in [1.29, 1.82) is 0 Å². The van der Waals surface area contributed by atoms with E-state index in [-0.39, 0.29) is 12.7 Å². The second-order valence-corrected chi connectivity index (χ2v) is 6.63. The van der Waals surface area contributed by atoms with Crippen molar-refractivity contribution in [3.8, 4) is 17.2 Å². The van der Waals surface area contributed by atoms with Crippen molar-refractivity contribution in [3.05, 3.63) is 71.4 Å². The number of hydrogen-bond donors (Lipinski definition) is 2. The zero-order valence-corrected chi connectivity index (χ0v) is 16.2. The lowest BCUT2D eigenvalue weighted by Crippen LogP contribution is -2.22. The highest BCUT2D eigenvalue weighted by Crippen LogP contribution is 2.32. The number of benzene rings is 2. The topological polar surface area (TPSA) is 81.7 Å². The molecule has 0 saturated heterocycles. The Labute approximate surface area is 168 Å². The molecule has 1 aliphatic heterocycles. The van der Waals surface area contributed by atoms with Gasteiger partial charge in [0.1, 0.15) is 11.6 Å². The van der Waals surface area contributed by atoms with E-state index in [1.807, 2.05) is 43.3 Å². The molecule has 1 amide bonds. The summed E-state index contributed by atoms with van der Waals surface area (Å²) < 4.78 is 16.1. The second kappa shape index (κ2) is 8.10. The van der Waals surface area contributed by atoms with E-state index in [2.05, 4.69) is 15.6 Å². The van der Waals surface area contributed by atoms with Crippen LogP contribution in [0.3, 0.4) is 0 Å². The van der Waals surface area contributed by atoms with Crippen LogP contribution in [-0.4, -0.2) is 24.8 Å². The Morgan fingerprint density at radius 1 is 1.10 bits per heavy atom. The number of anilines is 2. The quantitative estimate of drug-likeness (QED) is 0.665. The number of hydrogen-bond acceptors (Lipinski definition) is 6. The third-order valence-corrected chi connectivity index (χ3v) is 4.53. The number of fused-ring (bicyclic) bond motifs is 1. The molecule has 0 radical (unpaired) electrons. The fourth-order valence-corrected chi connectivity index (χ4v) is 3.03. The first-order chi connectivity index (χ1) is 14.1. The standard InChI is InChI=1S/C22H21N3O4/c1-14-3-5-18(27-2)17(9-14)25-21-11-16(7-8-23-21)22(26)24-12-15-4-6-19-20(10-15)29-13-28-19/h3-11H,12-13H2,1-2H3,(H,23,25)(H,24,26). The van der Waals surface area contributed by atoms with E-state index in [1.165, 1.54) is 0 Å². The number of ether oxygens (including phenoxy) is 3. The molecule has 3 aromatic rings. The van der Waals surface area contributed by atoms with Crippen LogP contribution in [0.15, 0.2) is 54.7 Å². The number of nitrogens with zero attached hydrogens (tertiary/aromatic N) is 1. The Morgan fingerprint density at radius 2 is 1.97 bits per heavy atom. The number of methoxy groups -OCH3 is 1. The van der Waals surface area contributed by atoms with E-state index in [4.69, 9.17) is 14.2 Å². The third kappa shape index (κ3) is 4.24. The number of carbonyl (C=O) groups excluding carboxylic acids is 1. The van der Waals surface area contributed by atoms with Gasteiger partial charge < -0.3 is 24.8 Å². The smallest absolute Gasteiger partial charge is 0.251 e. The lowest BCUT2D eigenvalue weighted by molar-refractivity contribution is 0.0950. The van der Waals surface area contributed by atoms with Crippen molar-refractivity contribution in [2.45, 2.75) is 13.5 Å². The van der Waals surface area contributed by atoms with Crippen molar-refractivity contribution in [2.75, 3.05) is 19.2 Å². The first kappa shape index (κ1) is 18.6. The van der Waals surface area contributed by atoms with Crippen LogP contribution in [0.5, 0.6) is 17.2 Å². The number of rotatable bonds is 6. The molecule has 7 heteroatoms. The Bertz CT molecular complexity index is 1050. The fourth-order valence-electron chi connectivity index (χ4n) is 3.03. The minimum atomic E-state index is -0.190. The number of aromatic nitrogens is 1. The van der Waals surface area contributed by atoms with E-state index in [0.29, 0.717) is 29.4 Å². The maximum absolute atomic E-state index is 12.6. The normalized spacial score (nSPS) is 11.8. The summed E-state index contributed by atoms with van der Waals surface area (Å²) in [7, 11) is 1.61. The fraction of sp³-hybridized carbons (Fsp3) is 0.182. The molecule has 1 aromatic heterocycles. The maximum atomic E-state index is 12.6. The molecule has 0 fully saturated rings. The molecule has 7 nitrogen and oxygen atoms in total. The predicted octanol–water partition coefficient (Wildman–Crippen LogP) is 3.80. The number of pyridine rings is 1. The summed E-state index contributed by atoms with van der Waals surface area (Å²) in [6, 6.07) is 14.8. The van der Waals surface area contributed by atoms with Gasteiger partial charge in [-0.05, 0) is 54.4 Å². The third-order valence-electron chi connectivity index (χ3n) is 4.53. The molecule has 0 atom stereocenters. The van der Waals surface area contributed by atoms with Crippen LogP contribution >= 0.6 is 0 Å². The lowest BCUT2D eigenvalue weighted by atomic mass is 10.2. The molecule has 29 heavy (non-hydrogen) atoms. The number of aryl methyl sites for hydroxylation is 1. The van der Waals surface area contributed by atoms with E-state index >= 15 is 0 Å². The van der Waals surface area contributed by atoms with Gasteiger partial charge in [0.2, 0.25) is 6.79 Å². The molecule has 0 spiro atoms. The summed E-state index contributed by atoms with van der Waals surface area (Å²) in [5.74, 6) is 2.49. The molecule has 0 saturated carbocycles. The minimum absolute atomic E-state index is 0.190. The molecule has 0 unspecified atom stereocenters. The van der Waals surface area contributed by atoms with E-state index in [9.17, 15) is 4.79 Å². The first-order valence-corrected chi connectivity index (χ1v) is 9.17. The van der Waals surface area contributed by atoms with Crippen molar-refractivity contribution < 1.29 is 19.0 Å². The lowest BCUT2D eigenvalue weighted by Gasteiger charge is -2.12.